The monoisotopic (exact) mass is 273 g/mol. The molecule has 2 N–H and O–H groups in total. The Balaban J connectivity index is 1.80. The smallest absolute Gasteiger partial charge is 0.184 e. The van der Waals surface area contributed by atoms with Crippen LogP contribution in [0.2, 0.25) is 0 Å². The number of aromatic nitrogens is 4. The average molecular weight is 273 g/mol. The lowest BCUT2D eigenvalue weighted by atomic mass is 10.1. The van der Waals surface area contributed by atoms with Crippen molar-refractivity contribution in [2.75, 3.05) is 12.8 Å². The number of hydrogen-bond acceptors (Lipinski definition) is 5. The summed E-state index contributed by atoms with van der Waals surface area (Å²) in [7, 11) is 1.63. The van der Waals surface area contributed by atoms with Crippen molar-refractivity contribution in [2.45, 2.75) is 32.2 Å². The summed E-state index contributed by atoms with van der Waals surface area (Å²) in [6.07, 6.45) is 5.12. The van der Waals surface area contributed by atoms with Gasteiger partial charge in [-0.3, -0.25) is 0 Å². The average Bonchev–Trinajstić information content (AvgIpc) is 3.17. The maximum Gasteiger partial charge on any atom is 0.184 e. The van der Waals surface area contributed by atoms with Crippen LogP contribution in [-0.2, 0) is 6.54 Å². The van der Waals surface area contributed by atoms with Crippen molar-refractivity contribution >= 4 is 5.69 Å². The van der Waals surface area contributed by atoms with Crippen molar-refractivity contribution in [3.8, 4) is 17.1 Å². The highest BCUT2D eigenvalue weighted by Crippen LogP contribution is 2.34. The van der Waals surface area contributed by atoms with Crippen LogP contribution in [0.1, 0.15) is 25.7 Å². The van der Waals surface area contributed by atoms with Gasteiger partial charge in [0, 0.05) is 17.8 Å². The second kappa shape index (κ2) is 5.48. The normalized spacial score (nSPS) is 14.4. The zero-order chi connectivity index (χ0) is 13.9. The minimum atomic E-state index is 0.657. The van der Waals surface area contributed by atoms with Gasteiger partial charge >= 0.3 is 0 Å². The van der Waals surface area contributed by atoms with Crippen molar-refractivity contribution in [1.29, 1.82) is 0 Å². The summed E-state index contributed by atoms with van der Waals surface area (Å²) in [5.41, 5.74) is 7.50. The first-order valence-corrected chi connectivity index (χ1v) is 6.98. The van der Waals surface area contributed by atoms with Crippen LogP contribution in [-0.4, -0.2) is 27.3 Å². The van der Waals surface area contributed by atoms with Crippen LogP contribution in [0.15, 0.2) is 18.2 Å². The molecular weight excluding hydrogens is 254 g/mol. The second-order valence-electron chi connectivity index (χ2n) is 5.26. The molecule has 1 fully saturated rings. The van der Waals surface area contributed by atoms with Crippen molar-refractivity contribution in [2.24, 2.45) is 5.92 Å². The molecule has 0 spiro atoms. The molecule has 6 nitrogen and oxygen atoms in total. The Morgan fingerprint density at radius 2 is 2.25 bits per heavy atom. The maximum absolute atomic E-state index is 6.03. The first kappa shape index (κ1) is 12.9. The number of tetrazole rings is 1. The van der Waals surface area contributed by atoms with Gasteiger partial charge in [-0.15, -0.1) is 5.10 Å². The highest BCUT2D eigenvalue weighted by atomic mass is 16.5. The van der Waals surface area contributed by atoms with E-state index in [0.717, 1.165) is 30.2 Å². The Kier molecular flexibility index (Phi) is 3.54. The van der Waals surface area contributed by atoms with E-state index in [0.29, 0.717) is 11.5 Å². The number of nitrogen functional groups attached to an aromatic ring is 1. The number of anilines is 1. The van der Waals surface area contributed by atoms with Crippen LogP contribution in [0.5, 0.6) is 5.75 Å². The first-order chi connectivity index (χ1) is 9.78. The van der Waals surface area contributed by atoms with E-state index < -0.39 is 0 Å². The minimum Gasteiger partial charge on any atom is -0.497 e. The number of ether oxygens (including phenoxy) is 1. The summed E-state index contributed by atoms with van der Waals surface area (Å²) in [5.74, 6) is 2.38. The summed E-state index contributed by atoms with van der Waals surface area (Å²) in [6, 6.07) is 5.52. The topological polar surface area (TPSA) is 78.8 Å². The van der Waals surface area contributed by atoms with E-state index in [9.17, 15) is 0 Å². The van der Waals surface area contributed by atoms with E-state index in [1.165, 1.54) is 19.3 Å². The van der Waals surface area contributed by atoms with Crippen LogP contribution in [0.25, 0.3) is 11.4 Å². The van der Waals surface area contributed by atoms with Crippen LogP contribution >= 0.6 is 0 Å². The summed E-state index contributed by atoms with van der Waals surface area (Å²) >= 11 is 0. The Bertz CT molecular complexity index is 591. The Hall–Kier alpha value is -2.11. The zero-order valence-electron chi connectivity index (χ0n) is 11.6. The lowest BCUT2D eigenvalue weighted by Gasteiger charge is -2.08. The number of aryl methyl sites for hydroxylation is 1. The number of hydrogen-bond donors (Lipinski definition) is 1. The molecule has 0 amide bonds. The van der Waals surface area contributed by atoms with Gasteiger partial charge in [0.05, 0.1) is 7.11 Å². The molecule has 1 aliphatic rings. The van der Waals surface area contributed by atoms with Gasteiger partial charge in [0.1, 0.15) is 5.75 Å². The van der Waals surface area contributed by atoms with Crippen LogP contribution < -0.4 is 10.5 Å². The largest absolute Gasteiger partial charge is 0.497 e. The number of nitrogens with zero attached hydrogens (tertiary/aromatic N) is 4. The summed E-state index contributed by atoms with van der Waals surface area (Å²) in [5, 5.41) is 11.9. The lowest BCUT2D eigenvalue weighted by Crippen LogP contribution is -2.05. The minimum absolute atomic E-state index is 0.657. The number of methoxy groups -OCH3 is 1. The molecule has 1 aromatic heterocycles. The van der Waals surface area contributed by atoms with E-state index in [1.807, 2.05) is 22.9 Å². The molecule has 2 aromatic rings. The summed E-state index contributed by atoms with van der Waals surface area (Å²) < 4.78 is 7.06. The lowest BCUT2D eigenvalue weighted by molar-refractivity contribution is 0.415. The van der Waals surface area contributed by atoms with Gasteiger partial charge in [0.25, 0.3) is 0 Å². The Morgan fingerprint density at radius 1 is 1.40 bits per heavy atom. The predicted octanol–water partition coefficient (Wildman–Crippen LogP) is 2.12. The van der Waals surface area contributed by atoms with Crippen molar-refractivity contribution in [3.05, 3.63) is 18.2 Å². The first-order valence-electron chi connectivity index (χ1n) is 6.98. The second-order valence-corrected chi connectivity index (χ2v) is 5.26. The molecule has 1 saturated carbocycles. The molecule has 0 aliphatic heterocycles. The third-order valence-electron chi connectivity index (χ3n) is 3.71. The fourth-order valence-corrected chi connectivity index (χ4v) is 2.34. The van der Waals surface area contributed by atoms with Gasteiger partial charge in [-0.1, -0.05) is 12.8 Å². The van der Waals surface area contributed by atoms with Crippen molar-refractivity contribution in [1.82, 2.24) is 20.2 Å². The Morgan fingerprint density at radius 3 is 3.00 bits per heavy atom. The molecule has 20 heavy (non-hydrogen) atoms. The molecule has 3 rings (SSSR count). The quantitative estimate of drug-likeness (QED) is 0.815. The third-order valence-corrected chi connectivity index (χ3v) is 3.71. The fourth-order valence-electron chi connectivity index (χ4n) is 2.34. The van der Waals surface area contributed by atoms with E-state index in [1.54, 1.807) is 7.11 Å². The van der Waals surface area contributed by atoms with E-state index in [2.05, 4.69) is 15.5 Å². The van der Waals surface area contributed by atoms with Crippen LogP contribution in [0.4, 0.5) is 5.69 Å². The van der Waals surface area contributed by atoms with Crippen molar-refractivity contribution in [3.63, 3.8) is 0 Å². The highest BCUT2D eigenvalue weighted by Gasteiger charge is 2.21. The zero-order valence-corrected chi connectivity index (χ0v) is 11.6. The Labute approximate surface area is 117 Å². The van der Waals surface area contributed by atoms with Gasteiger partial charge < -0.3 is 10.5 Å². The molecule has 0 saturated heterocycles. The number of rotatable bonds is 6. The molecule has 1 aliphatic carbocycles. The molecular formula is C14H19N5O. The number of benzene rings is 1. The third kappa shape index (κ3) is 2.74. The molecule has 106 valence electrons. The van der Waals surface area contributed by atoms with Gasteiger partial charge in [-0.05, 0) is 47.4 Å². The molecule has 0 unspecified atom stereocenters. The maximum atomic E-state index is 6.03. The summed E-state index contributed by atoms with van der Waals surface area (Å²) in [4.78, 5) is 0. The van der Waals surface area contributed by atoms with E-state index in [4.69, 9.17) is 10.5 Å². The van der Waals surface area contributed by atoms with Gasteiger partial charge in [-0.25, -0.2) is 4.68 Å². The van der Waals surface area contributed by atoms with Crippen LogP contribution in [0.3, 0.4) is 0 Å². The van der Waals surface area contributed by atoms with Crippen molar-refractivity contribution < 1.29 is 4.74 Å². The standard InChI is InChI=1S/C14H19N5O/c1-20-11-6-7-13(15)12(9-11)14-16-17-18-19(14)8-2-3-10-4-5-10/h6-7,9-10H,2-5,8,15H2,1H3. The summed E-state index contributed by atoms with van der Waals surface area (Å²) in [6.45, 7) is 0.829. The predicted molar refractivity (Wildman–Crippen MR) is 76.2 cm³/mol. The molecule has 0 bridgehead atoms. The molecule has 1 heterocycles. The van der Waals surface area contributed by atoms with Gasteiger partial charge in [0.15, 0.2) is 5.82 Å². The van der Waals surface area contributed by atoms with Crippen LogP contribution in [0, 0.1) is 5.92 Å². The highest BCUT2D eigenvalue weighted by molar-refractivity contribution is 5.72. The van der Waals surface area contributed by atoms with Gasteiger partial charge in [0.2, 0.25) is 0 Å². The SMILES string of the molecule is COc1ccc(N)c(-c2nnnn2CCCC2CC2)c1. The van der Waals surface area contributed by atoms with Gasteiger partial charge in [-0.2, -0.15) is 0 Å². The molecule has 6 heteroatoms. The van der Waals surface area contributed by atoms with E-state index >= 15 is 0 Å². The van der Waals surface area contributed by atoms with E-state index in [-0.39, 0.29) is 0 Å². The molecule has 1 aromatic carbocycles. The fraction of sp³-hybridized carbons (Fsp3) is 0.500. The number of nitrogens with two attached hydrogens (primary N) is 1. The molecule has 0 radical (unpaired) electrons. The molecule has 0 atom stereocenters.